The van der Waals surface area contributed by atoms with Crippen molar-refractivity contribution in [3.63, 3.8) is 0 Å². The number of hydrogen-bond acceptors (Lipinski definition) is 6. The highest BCUT2D eigenvalue weighted by atomic mass is 35.5. The third kappa shape index (κ3) is 5.41. The molecule has 4 aromatic rings. The topological polar surface area (TPSA) is 71.0 Å². The number of halogens is 1. The van der Waals surface area contributed by atoms with E-state index in [2.05, 4.69) is 10.3 Å². The maximum atomic E-state index is 13.5. The SMILES string of the molecule is COc1ccc(Cl)cc1N1C(=O)/C(=C\c2sccc2C)N=C1SCC(=O)Nc1ccc2ccccc2c1. The lowest BCUT2D eigenvalue weighted by atomic mass is 10.1. The Bertz CT molecular complexity index is 1580. The van der Waals surface area contributed by atoms with Crippen LogP contribution in [0.2, 0.25) is 5.02 Å². The summed E-state index contributed by atoms with van der Waals surface area (Å²) in [6.45, 7) is 1.98. The Morgan fingerprint density at radius 1 is 1.14 bits per heavy atom. The Balaban J connectivity index is 1.41. The van der Waals surface area contributed by atoms with Crippen LogP contribution < -0.4 is 15.0 Å². The van der Waals surface area contributed by atoms with Gasteiger partial charge in [0.1, 0.15) is 11.4 Å². The number of nitrogens with one attached hydrogen (secondary N) is 1. The summed E-state index contributed by atoms with van der Waals surface area (Å²) in [7, 11) is 1.53. The molecule has 1 aliphatic heterocycles. The Morgan fingerprint density at radius 3 is 2.70 bits per heavy atom. The van der Waals surface area contributed by atoms with E-state index in [-0.39, 0.29) is 23.3 Å². The van der Waals surface area contributed by atoms with Gasteiger partial charge in [-0.25, -0.2) is 9.89 Å². The molecule has 6 nitrogen and oxygen atoms in total. The zero-order valence-corrected chi connectivity index (χ0v) is 22.4. The third-order valence-corrected chi connectivity index (χ3v) is 7.89. The number of rotatable bonds is 6. The van der Waals surface area contributed by atoms with Crippen molar-refractivity contribution in [1.29, 1.82) is 0 Å². The molecule has 3 aromatic carbocycles. The average Bonchev–Trinajstić information content (AvgIpc) is 3.44. The van der Waals surface area contributed by atoms with E-state index in [1.165, 1.54) is 35.1 Å². The van der Waals surface area contributed by atoms with Gasteiger partial charge < -0.3 is 10.1 Å². The van der Waals surface area contributed by atoms with Crippen LogP contribution in [-0.4, -0.2) is 29.8 Å². The van der Waals surface area contributed by atoms with E-state index in [0.717, 1.165) is 21.2 Å². The van der Waals surface area contributed by atoms with Gasteiger partial charge in [-0.3, -0.25) is 9.59 Å². The molecule has 2 amide bonds. The largest absolute Gasteiger partial charge is 0.495 e. The Kier molecular flexibility index (Phi) is 7.32. The number of aliphatic imine (C=N–C) groups is 1. The quantitative estimate of drug-likeness (QED) is 0.264. The molecule has 1 aromatic heterocycles. The molecule has 2 heterocycles. The second-order valence-electron chi connectivity index (χ2n) is 8.25. The van der Waals surface area contributed by atoms with Crippen LogP contribution in [0, 0.1) is 6.92 Å². The molecule has 5 rings (SSSR count). The second kappa shape index (κ2) is 10.8. The lowest BCUT2D eigenvalue weighted by molar-refractivity contribution is -0.114. The van der Waals surface area contributed by atoms with Crippen molar-refractivity contribution < 1.29 is 14.3 Å². The van der Waals surface area contributed by atoms with E-state index in [1.807, 2.05) is 60.8 Å². The highest BCUT2D eigenvalue weighted by Gasteiger charge is 2.34. The van der Waals surface area contributed by atoms with Gasteiger partial charge in [-0.1, -0.05) is 53.7 Å². The molecule has 0 radical (unpaired) electrons. The van der Waals surface area contributed by atoms with E-state index >= 15 is 0 Å². The lowest BCUT2D eigenvalue weighted by Crippen LogP contribution is -2.31. The highest BCUT2D eigenvalue weighted by molar-refractivity contribution is 8.14. The van der Waals surface area contributed by atoms with Crippen LogP contribution in [0.1, 0.15) is 10.4 Å². The number of carbonyl (C=O) groups excluding carboxylic acids is 2. The summed E-state index contributed by atoms with van der Waals surface area (Å²) >= 11 is 8.97. The molecule has 0 spiro atoms. The van der Waals surface area contributed by atoms with Gasteiger partial charge in [0.25, 0.3) is 5.91 Å². The van der Waals surface area contributed by atoms with Crippen molar-refractivity contribution >= 4 is 79.9 Å². The standard InChI is InChI=1S/C28H22ClN3O3S2/c1-17-11-12-36-25(17)15-22-27(34)32(23-14-20(29)8-10-24(23)35-2)28(31-22)37-16-26(33)30-21-9-7-18-5-3-4-6-19(18)13-21/h3-15H,16H2,1-2H3,(H,30,33)/b22-15+. The van der Waals surface area contributed by atoms with Crippen LogP contribution in [0.15, 0.2) is 82.8 Å². The summed E-state index contributed by atoms with van der Waals surface area (Å²) in [6, 6.07) is 20.8. The second-order valence-corrected chi connectivity index (χ2v) is 10.6. The van der Waals surface area contributed by atoms with Gasteiger partial charge in [0, 0.05) is 15.6 Å². The fourth-order valence-electron chi connectivity index (χ4n) is 3.89. The van der Waals surface area contributed by atoms with Crippen molar-refractivity contribution in [2.75, 3.05) is 23.1 Å². The molecule has 186 valence electrons. The first kappa shape index (κ1) is 25.1. The average molecular weight is 548 g/mol. The van der Waals surface area contributed by atoms with Crippen LogP contribution in [0.3, 0.4) is 0 Å². The highest BCUT2D eigenvalue weighted by Crippen LogP contribution is 2.37. The van der Waals surface area contributed by atoms with E-state index in [1.54, 1.807) is 24.3 Å². The fraction of sp³-hybridized carbons (Fsp3) is 0.107. The first-order valence-electron chi connectivity index (χ1n) is 11.4. The monoisotopic (exact) mass is 547 g/mol. The third-order valence-electron chi connectivity index (χ3n) is 5.75. The maximum Gasteiger partial charge on any atom is 0.283 e. The molecule has 0 fully saturated rings. The summed E-state index contributed by atoms with van der Waals surface area (Å²) in [4.78, 5) is 33.4. The molecule has 0 atom stereocenters. The van der Waals surface area contributed by atoms with Gasteiger partial charge in [-0.15, -0.1) is 11.3 Å². The van der Waals surface area contributed by atoms with Gasteiger partial charge in [0.2, 0.25) is 5.91 Å². The predicted octanol–water partition coefficient (Wildman–Crippen LogP) is 6.99. The Labute approximate surface area is 227 Å². The van der Waals surface area contributed by atoms with Gasteiger partial charge in [0.15, 0.2) is 5.17 Å². The minimum absolute atomic E-state index is 0.0592. The van der Waals surface area contributed by atoms with Crippen molar-refractivity contribution in [2.24, 2.45) is 4.99 Å². The van der Waals surface area contributed by atoms with Gasteiger partial charge in [0.05, 0.1) is 18.6 Å². The number of carbonyl (C=O) groups is 2. The van der Waals surface area contributed by atoms with Crippen LogP contribution in [0.4, 0.5) is 11.4 Å². The van der Waals surface area contributed by atoms with Crippen molar-refractivity contribution in [3.05, 3.63) is 93.3 Å². The Hall–Kier alpha value is -3.59. The van der Waals surface area contributed by atoms with Crippen molar-refractivity contribution in [1.82, 2.24) is 0 Å². The van der Waals surface area contributed by atoms with Crippen LogP contribution in [-0.2, 0) is 9.59 Å². The fourth-order valence-corrected chi connectivity index (χ4v) is 5.72. The number of benzene rings is 3. The molecule has 0 saturated carbocycles. The number of nitrogens with zero attached hydrogens (tertiary/aromatic N) is 2. The summed E-state index contributed by atoms with van der Waals surface area (Å²) in [5, 5.41) is 7.86. The Morgan fingerprint density at radius 2 is 1.95 bits per heavy atom. The maximum absolute atomic E-state index is 13.5. The number of methoxy groups -OCH3 is 1. The molecule has 0 unspecified atom stereocenters. The number of hydrogen-bond donors (Lipinski definition) is 1. The molecule has 37 heavy (non-hydrogen) atoms. The summed E-state index contributed by atoms with van der Waals surface area (Å²) in [5.41, 5.74) is 2.51. The number of thiophene rings is 1. The molecular weight excluding hydrogens is 526 g/mol. The molecule has 9 heteroatoms. The molecular formula is C28H22ClN3O3S2. The number of ether oxygens (including phenoxy) is 1. The van der Waals surface area contributed by atoms with E-state index in [4.69, 9.17) is 16.3 Å². The van der Waals surface area contributed by atoms with Crippen LogP contribution >= 0.6 is 34.7 Å². The van der Waals surface area contributed by atoms with Crippen LogP contribution in [0.25, 0.3) is 16.8 Å². The number of fused-ring (bicyclic) bond motifs is 1. The normalized spacial score (nSPS) is 14.4. The minimum atomic E-state index is -0.314. The number of amides is 2. The van der Waals surface area contributed by atoms with Crippen LogP contribution in [0.5, 0.6) is 5.75 Å². The molecule has 1 N–H and O–H groups in total. The van der Waals surface area contributed by atoms with Gasteiger partial charge in [-0.2, -0.15) is 0 Å². The van der Waals surface area contributed by atoms with E-state index < -0.39 is 0 Å². The minimum Gasteiger partial charge on any atom is -0.495 e. The first-order valence-corrected chi connectivity index (χ1v) is 13.6. The molecule has 0 saturated heterocycles. The molecule has 1 aliphatic rings. The van der Waals surface area contributed by atoms with Crippen molar-refractivity contribution in [3.8, 4) is 5.75 Å². The molecule has 0 aliphatic carbocycles. The lowest BCUT2D eigenvalue weighted by Gasteiger charge is -2.20. The van der Waals surface area contributed by atoms with E-state index in [9.17, 15) is 9.59 Å². The first-order chi connectivity index (χ1) is 17.9. The number of amidine groups is 1. The number of aryl methyl sites for hydroxylation is 1. The summed E-state index contributed by atoms with van der Waals surface area (Å²) in [5.74, 6) is 0.00915. The number of anilines is 2. The smallest absolute Gasteiger partial charge is 0.283 e. The van der Waals surface area contributed by atoms with Crippen molar-refractivity contribution in [2.45, 2.75) is 6.92 Å². The predicted molar refractivity (Wildman–Crippen MR) is 155 cm³/mol. The van der Waals surface area contributed by atoms with E-state index in [0.29, 0.717) is 27.3 Å². The zero-order valence-electron chi connectivity index (χ0n) is 20.0. The number of thioether (sulfide) groups is 1. The molecule has 0 bridgehead atoms. The zero-order chi connectivity index (χ0) is 25.9. The van der Waals surface area contributed by atoms with Gasteiger partial charge >= 0.3 is 0 Å². The summed E-state index contributed by atoms with van der Waals surface area (Å²) < 4.78 is 5.50. The van der Waals surface area contributed by atoms with Gasteiger partial charge in [-0.05, 0) is 71.1 Å². The summed E-state index contributed by atoms with van der Waals surface area (Å²) in [6.07, 6.45) is 1.77.